The molecule has 0 heterocycles. The zero-order valence-electron chi connectivity index (χ0n) is 8.82. The molecule has 0 spiro atoms. The molecule has 0 saturated heterocycles. The first kappa shape index (κ1) is 11.2. The first-order valence-corrected chi connectivity index (χ1v) is 4.64. The van der Waals surface area contributed by atoms with Crippen molar-refractivity contribution in [2.45, 2.75) is 13.8 Å². The third-order valence-electron chi connectivity index (χ3n) is 2.04. The van der Waals surface area contributed by atoms with Crippen molar-refractivity contribution in [3.63, 3.8) is 0 Å². The Morgan fingerprint density at radius 3 is 2.80 bits per heavy atom. The van der Waals surface area contributed by atoms with Gasteiger partial charge in [-0.2, -0.15) is 0 Å². The number of rotatable bonds is 4. The first-order chi connectivity index (χ1) is 7.07. The maximum Gasteiger partial charge on any atom is 0.280 e. The number of ether oxygens (including phenoxy) is 1. The van der Waals surface area contributed by atoms with Crippen LogP contribution in [0.25, 0.3) is 5.76 Å². The summed E-state index contributed by atoms with van der Waals surface area (Å²) in [7, 11) is 0. The zero-order chi connectivity index (χ0) is 11.4. The van der Waals surface area contributed by atoms with E-state index in [0.29, 0.717) is 17.9 Å². The maximum absolute atomic E-state index is 10.8. The Bertz CT molecular complexity index is 399. The van der Waals surface area contributed by atoms with Crippen LogP contribution in [0.3, 0.4) is 0 Å². The molecule has 80 valence electrons. The second-order valence-electron chi connectivity index (χ2n) is 3.08. The van der Waals surface area contributed by atoms with E-state index in [1.165, 1.54) is 6.07 Å². The quantitative estimate of drug-likeness (QED) is 0.433. The summed E-state index contributed by atoms with van der Waals surface area (Å²) in [6.45, 7) is 7.75. The Kier molecular flexibility index (Phi) is 3.44. The van der Waals surface area contributed by atoms with Gasteiger partial charge in [-0.25, -0.2) is 0 Å². The molecule has 0 amide bonds. The summed E-state index contributed by atoms with van der Waals surface area (Å²) in [6.07, 6.45) is 0. The second kappa shape index (κ2) is 4.59. The lowest BCUT2D eigenvalue weighted by Gasteiger charge is -2.09. The topological polar surface area (TPSA) is 52.4 Å². The fraction of sp³-hybridized carbons (Fsp3) is 0.273. The molecule has 1 rings (SSSR count). The van der Waals surface area contributed by atoms with E-state index in [9.17, 15) is 10.1 Å². The van der Waals surface area contributed by atoms with Crippen LogP contribution in [0.15, 0.2) is 24.8 Å². The molecule has 1 aromatic carbocycles. The van der Waals surface area contributed by atoms with Gasteiger partial charge in [0.2, 0.25) is 0 Å². The molecule has 0 aromatic heterocycles. The lowest BCUT2D eigenvalue weighted by atomic mass is 10.1. The van der Waals surface area contributed by atoms with Crippen LogP contribution in [-0.2, 0) is 4.74 Å². The summed E-state index contributed by atoms with van der Waals surface area (Å²) >= 11 is 0. The van der Waals surface area contributed by atoms with Gasteiger partial charge in [-0.15, -0.1) is 0 Å². The Morgan fingerprint density at radius 2 is 2.27 bits per heavy atom. The average molecular weight is 207 g/mol. The van der Waals surface area contributed by atoms with Crippen molar-refractivity contribution >= 4 is 11.4 Å². The molecule has 0 N–H and O–H groups in total. The number of benzene rings is 1. The van der Waals surface area contributed by atoms with E-state index in [1.807, 2.05) is 6.92 Å². The van der Waals surface area contributed by atoms with Crippen LogP contribution >= 0.6 is 0 Å². The van der Waals surface area contributed by atoms with Gasteiger partial charge in [0.05, 0.1) is 17.1 Å². The van der Waals surface area contributed by atoms with Gasteiger partial charge in [-0.1, -0.05) is 18.7 Å². The number of hydrogen-bond acceptors (Lipinski definition) is 3. The molecule has 0 radical (unpaired) electrons. The van der Waals surface area contributed by atoms with Gasteiger partial charge in [0.25, 0.3) is 5.69 Å². The Labute approximate surface area is 88.3 Å². The molecule has 0 atom stereocenters. The predicted octanol–water partition coefficient (Wildman–Crippen LogP) is 2.91. The summed E-state index contributed by atoms with van der Waals surface area (Å²) < 4.78 is 5.20. The average Bonchev–Trinajstić information content (AvgIpc) is 2.17. The first-order valence-electron chi connectivity index (χ1n) is 4.64. The summed E-state index contributed by atoms with van der Waals surface area (Å²) in [5, 5.41) is 10.8. The van der Waals surface area contributed by atoms with E-state index in [1.54, 1.807) is 19.1 Å². The van der Waals surface area contributed by atoms with E-state index in [2.05, 4.69) is 6.58 Å². The number of nitro benzene ring substituents is 1. The van der Waals surface area contributed by atoms with Gasteiger partial charge in [-0.3, -0.25) is 10.1 Å². The summed E-state index contributed by atoms with van der Waals surface area (Å²) in [5.74, 6) is 0.349. The summed E-state index contributed by atoms with van der Waals surface area (Å²) in [5.41, 5.74) is 1.31. The van der Waals surface area contributed by atoms with Crippen molar-refractivity contribution in [2.24, 2.45) is 0 Å². The molecule has 0 aliphatic rings. The van der Waals surface area contributed by atoms with Crippen molar-refractivity contribution < 1.29 is 9.66 Å². The number of aryl methyl sites for hydroxylation is 1. The van der Waals surface area contributed by atoms with Crippen LogP contribution in [0.5, 0.6) is 0 Å². The highest BCUT2D eigenvalue weighted by molar-refractivity contribution is 5.69. The minimum Gasteiger partial charge on any atom is -0.494 e. The van der Waals surface area contributed by atoms with E-state index in [0.717, 1.165) is 5.56 Å². The molecular weight excluding hydrogens is 194 g/mol. The van der Waals surface area contributed by atoms with Crippen molar-refractivity contribution in [2.75, 3.05) is 6.61 Å². The smallest absolute Gasteiger partial charge is 0.280 e. The van der Waals surface area contributed by atoms with Crippen LogP contribution in [0.4, 0.5) is 5.69 Å². The fourth-order valence-electron chi connectivity index (χ4n) is 1.41. The SMILES string of the molecule is C=C(OCC)c1c(C)cccc1[N+](=O)[O-]. The van der Waals surface area contributed by atoms with Gasteiger partial charge in [0.1, 0.15) is 5.76 Å². The van der Waals surface area contributed by atoms with Crippen LogP contribution in [0, 0.1) is 17.0 Å². The normalized spacial score (nSPS) is 9.73. The van der Waals surface area contributed by atoms with Crippen LogP contribution in [0.1, 0.15) is 18.1 Å². The van der Waals surface area contributed by atoms with Crippen LogP contribution in [-0.4, -0.2) is 11.5 Å². The van der Waals surface area contributed by atoms with E-state index in [4.69, 9.17) is 4.74 Å². The van der Waals surface area contributed by atoms with Crippen molar-refractivity contribution in [3.05, 3.63) is 46.0 Å². The zero-order valence-corrected chi connectivity index (χ0v) is 8.82. The monoisotopic (exact) mass is 207 g/mol. The minimum absolute atomic E-state index is 0.0356. The molecular formula is C11H13NO3. The highest BCUT2D eigenvalue weighted by Gasteiger charge is 2.18. The number of hydrogen-bond donors (Lipinski definition) is 0. The van der Waals surface area contributed by atoms with E-state index >= 15 is 0 Å². The lowest BCUT2D eigenvalue weighted by molar-refractivity contribution is -0.385. The molecule has 4 nitrogen and oxygen atoms in total. The third-order valence-corrected chi connectivity index (χ3v) is 2.04. The van der Waals surface area contributed by atoms with E-state index in [-0.39, 0.29) is 5.69 Å². The molecule has 0 unspecified atom stereocenters. The second-order valence-corrected chi connectivity index (χ2v) is 3.08. The van der Waals surface area contributed by atoms with Crippen LogP contribution in [0.2, 0.25) is 0 Å². The van der Waals surface area contributed by atoms with Crippen molar-refractivity contribution in [1.29, 1.82) is 0 Å². The maximum atomic E-state index is 10.8. The largest absolute Gasteiger partial charge is 0.494 e. The summed E-state index contributed by atoms with van der Waals surface area (Å²) in [4.78, 5) is 10.4. The molecule has 0 bridgehead atoms. The molecule has 0 saturated carbocycles. The molecule has 0 aliphatic heterocycles. The van der Waals surface area contributed by atoms with Gasteiger partial charge in [-0.05, 0) is 19.4 Å². The van der Waals surface area contributed by atoms with E-state index < -0.39 is 4.92 Å². The molecule has 0 aliphatic carbocycles. The minimum atomic E-state index is -0.424. The molecule has 0 fully saturated rings. The molecule has 4 heteroatoms. The van der Waals surface area contributed by atoms with Gasteiger partial charge in [0.15, 0.2) is 0 Å². The van der Waals surface area contributed by atoms with Crippen molar-refractivity contribution in [1.82, 2.24) is 0 Å². The van der Waals surface area contributed by atoms with Gasteiger partial charge < -0.3 is 4.74 Å². The standard InChI is InChI=1S/C11H13NO3/c1-4-15-9(3)11-8(2)6-5-7-10(11)12(13)14/h5-7H,3-4H2,1-2H3. The fourth-order valence-corrected chi connectivity index (χ4v) is 1.41. The Hall–Kier alpha value is -1.84. The summed E-state index contributed by atoms with van der Waals surface area (Å²) in [6, 6.07) is 4.90. The van der Waals surface area contributed by atoms with Crippen LogP contribution < -0.4 is 0 Å². The number of nitro groups is 1. The highest BCUT2D eigenvalue weighted by Crippen LogP contribution is 2.28. The van der Waals surface area contributed by atoms with Crippen molar-refractivity contribution in [3.8, 4) is 0 Å². The predicted molar refractivity (Wildman–Crippen MR) is 58.5 cm³/mol. The number of nitrogens with zero attached hydrogens (tertiary/aromatic N) is 1. The van der Waals surface area contributed by atoms with Gasteiger partial charge in [0, 0.05) is 6.07 Å². The molecule has 1 aromatic rings. The Morgan fingerprint density at radius 1 is 1.60 bits per heavy atom. The van der Waals surface area contributed by atoms with Gasteiger partial charge >= 0.3 is 0 Å². The lowest BCUT2D eigenvalue weighted by Crippen LogP contribution is -1.99. The molecule has 15 heavy (non-hydrogen) atoms. The Balaban J connectivity index is 3.24. The highest BCUT2D eigenvalue weighted by atomic mass is 16.6. The third kappa shape index (κ3) is 2.34.